The second kappa shape index (κ2) is 9.37. The van der Waals surface area contributed by atoms with E-state index in [0.717, 1.165) is 43.0 Å². The van der Waals surface area contributed by atoms with E-state index in [1.165, 1.54) is 10.6 Å². The standard InChI is InChI=1S/C22H28N4O2/c1-17-7-6-10-20(18(17)2)24-21(27)15-23-22(28)16-25-11-13-26(14-12-25)19-8-4-3-5-9-19/h3-10H,11-16H2,1-2H3,(H,23,28)(H,24,27)/p+1. The lowest BCUT2D eigenvalue weighted by atomic mass is 10.1. The number of para-hydroxylation sites is 1. The normalized spacial score (nSPS) is 14.6. The fourth-order valence-electron chi connectivity index (χ4n) is 3.45. The maximum atomic E-state index is 12.2. The number of rotatable bonds is 6. The van der Waals surface area contributed by atoms with Crippen LogP contribution in [-0.4, -0.2) is 51.1 Å². The lowest BCUT2D eigenvalue weighted by Gasteiger charge is -2.33. The van der Waals surface area contributed by atoms with Gasteiger partial charge in [-0.1, -0.05) is 30.3 Å². The molecule has 0 aliphatic carbocycles. The summed E-state index contributed by atoms with van der Waals surface area (Å²) in [5.74, 6) is -0.287. The molecular formula is C22H29N4O2+. The number of hydrogen-bond acceptors (Lipinski definition) is 3. The minimum Gasteiger partial charge on any atom is -0.360 e. The van der Waals surface area contributed by atoms with E-state index in [-0.39, 0.29) is 18.4 Å². The lowest BCUT2D eigenvalue weighted by Crippen LogP contribution is -3.16. The van der Waals surface area contributed by atoms with Crippen LogP contribution >= 0.6 is 0 Å². The van der Waals surface area contributed by atoms with Crippen molar-refractivity contribution in [1.29, 1.82) is 0 Å². The molecule has 0 aromatic heterocycles. The number of hydrogen-bond donors (Lipinski definition) is 3. The highest BCUT2D eigenvalue weighted by atomic mass is 16.2. The number of aryl methyl sites for hydroxylation is 1. The third kappa shape index (κ3) is 5.33. The van der Waals surface area contributed by atoms with E-state index in [9.17, 15) is 9.59 Å². The molecule has 1 fully saturated rings. The van der Waals surface area contributed by atoms with Crippen molar-refractivity contribution in [1.82, 2.24) is 5.32 Å². The Kier molecular flexibility index (Phi) is 6.66. The van der Waals surface area contributed by atoms with Crippen molar-refractivity contribution >= 4 is 23.2 Å². The summed E-state index contributed by atoms with van der Waals surface area (Å²) in [5.41, 5.74) is 4.19. The number of piperazine rings is 1. The zero-order valence-corrected chi connectivity index (χ0v) is 16.6. The first-order chi connectivity index (χ1) is 13.5. The van der Waals surface area contributed by atoms with Gasteiger partial charge in [0.2, 0.25) is 5.91 Å². The molecule has 0 radical (unpaired) electrons. The highest BCUT2D eigenvalue weighted by molar-refractivity contribution is 5.95. The maximum absolute atomic E-state index is 12.2. The number of amides is 2. The maximum Gasteiger partial charge on any atom is 0.275 e. The van der Waals surface area contributed by atoms with E-state index in [4.69, 9.17) is 0 Å². The largest absolute Gasteiger partial charge is 0.360 e. The summed E-state index contributed by atoms with van der Waals surface area (Å²) >= 11 is 0. The molecule has 1 heterocycles. The van der Waals surface area contributed by atoms with Crippen molar-refractivity contribution in [2.24, 2.45) is 0 Å². The molecule has 3 N–H and O–H groups in total. The van der Waals surface area contributed by atoms with E-state index in [2.05, 4.69) is 27.7 Å². The van der Waals surface area contributed by atoms with Gasteiger partial charge in [0, 0.05) is 11.4 Å². The zero-order valence-electron chi connectivity index (χ0n) is 16.6. The van der Waals surface area contributed by atoms with Crippen LogP contribution in [0.2, 0.25) is 0 Å². The van der Waals surface area contributed by atoms with Crippen LogP contribution in [0.15, 0.2) is 48.5 Å². The van der Waals surface area contributed by atoms with Gasteiger partial charge in [-0.3, -0.25) is 9.59 Å². The van der Waals surface area contributed by atoms with E-state index in [1.807, 2.05) is 50.2 Å². The summed E-state index contributed by atoms with van der Waals surface area (Å²) in [6, 6.07) is 16.1. The van der Waals surface area contributed by atoms with Gasteiger partial charge >= 0.3 is 0 Å². The monoisotopic (exact) mass is 381 g/mol. The molecule has 1 aliphatic heterocycles. The first-order valence-electron chi connectivity index (χ1n) is 9.79. The van der Waals surface area contributed by atoms with Gasteiger partial charge < -0.3 is 20.4 Å². The van der Waals surface area contributed by atoms with E-state index in [1.54, 1.807) is 0 Å². The van der Waals surface area contributed by atoms with Gasteiger partial charge in [0.15, 0.2) is 6.54 Å². The van der Waals surface area contributed by atoms with Gasteiger partial charge in [0.1, 0.15) is 0 Å². The van der Waals surface area contributed by atoms with Crippen LogP contribution in [-0.2, 0) is 9.59 Å². The number of carbonyl (C=O) groups excluding carboxylic acids is 2. The molecule has 1 aliphatic rings. The van der Waals surface area contributed by atoms with Gasteiger partial charge in [0.25, 0.3) is 5.91 Å². The molecule has 2 amide bonds. The topological polar surface area (TPSA) is 65.9 Å². The second-order valence-electron chi connectivity index (χ2n) is 7.32. The molecule has 2 aromatic carbocycles. The van der Waals surface area contributed by atoms with Crippen molar-refractivity contribution in [2.45, 2.75) is 13.8 Å². The molecule has 2 aromatic rings. The van der Waals surface area contributed by atoms with Crippen LogP contribution in [0.5, 0.6) is 0 Å². The number of quaternary nitrogens is 1. The summed E-state index contributed by atoms with van der Waals surface area (Å²) in [7, 11) is 0. The Bertz CT molecular complexity index is 815. The van der Waals surface area contributed by atoms with E-state index < -0.39 is 0 Å². The Morgan fingerprint density at radius 3 is 2.39 bits per heavy atom. The quantitative estimate of drug-likeness (QED) is 0.692. The molecule has 0 spiro atoms. The van der Waals surface area contributed by atoms with Crippen LogP contribution in [0.4, 0.5) is 11.4 Å². The third-order valence-corrected chi connectivity index (χ3v) is 5.33. The minimum atomic E-state index is -0.203. The number of anilines is 2. The van der Waals surface area contributed by atoms with Crippen LogP contribution < -0.4 is 20.4 Å². The van der Waals surface area contributed by atoms with Crippen molar-refractivity contribution in [3.05, 3.63) is 59.7 Å². The summed E-state index contributed by atoms with van der Waals surface area (Å²) in [6.07, 6.45) is 0. The average Bonchev–Trinajstić information content (AvgIpc) is 2.71. The lowest BCUT2D eigenvalue weighted by molar-refractivity contribution is -0.892. The molecule has 0 bridgehead atoms. The predicted molar refractivity (Wildman–Crippen MR) is 112 cm³/mol. The average molecular weight is 382 g/mol. The van der Waals surface area contributed by atoms with Gasteiger partial charge in [-0.25, -0.2) is 0 Å². The summed E-state index contributed by atoms with van der Waals surface area (Å²) in [5, 5.41) is 5.61. The first kappa shape index (κ1) is 19.9. The van der Waals surface area contributed by atoms with Crippen LogP contribution in [0.3, 0.4) is 0 Å². The molecule has 6 heteroatoms. The summed E-state index contributed by atoms with van der Waals surface area (Å²) in [4.78, 5) is 27.9. The minimum absolute atomic E-state index is 0.00433. The first-order valence-corrected chi connectivity index (χ1v) is 9.79. The Labute approximate surface area is 166 Å². The molecule has 6 nitrogen and oxygen atoms in total. The van der Waals surface area contributed by atoms with Crippen LogP contribution in [0.1, 0.15) is 11.1 Å². The van der Waals surface area contributed by atoms with Gasteiger partial charge in [-0.15, -0.1) is 0 Å². The van der Waals surface area contributed by atoms with E-state index in [0.29, 0.717) is 6.54 Å². The fourth-order valence-corrected chi connectivity index (χ4v) is 3.45. The van der Waals surface area contributed by atoms with Gasteiger partial charge in [0.05, 0.1) is 32.7 Å². The third-order valence-electron chi connectivity index (χ3n) is 5.33. The number of carbonyl (C=O) groups is 2. The Morgan fingerprint density at radius 1 is 0.964 bits per heavy atom. The highest BCUT2D eigenvalue weighted by Crippen LogP contribution is 2.17. The van der Waals surface area contributed by atoms with Crippen molar-refractivity contribution in [2.75, 3.05) is 49.5 Å². The smallest absolute Gasteiger partial charge is 0.275 e. The second-order valence-corrected chi connectivity index (χ2v) is 7.32. The van der Waals surface area contributed by atoms with Crippen molar-refractivity contribution in [3.63, 3.8) is 0 Å². The van der Waals surface area contributed by atoms with Crippen molar-refractivity contribution < 1.29 is 14.5 Å². The molecule has 0 unspecified atom stereocenters. The Hall–Kier alpha value is -2.86. The Morgan fingerprint density at radius 2 is 1.68 bits per heavy atom. The van der Waals surface area contributed by atoms with Crippen LogP contribution in [0, 0.1) is 13.8 Å². The number of nitrogens with zero attached hydrogens (tertiary/aromatic N) is 1. The summed E-state index contributed by atoms with van der Waals surface area (Å²) in [6.45, 7) is 8.07. The summed E-state index contributed by atoms with van der Waals surface area (Å²) < 4.78 is 0. The van der Waals surface area contributed by atoms with Gasteiger partial charge in [-0.05, 0) is 43.2 Å². The molecule has 3 rings (SSSR count). The number of benzene rings is 2. The van der Waals surface area contributed by atoms with E-state index >= 15 is 0 Å². The Balaban J connectivity index is 1.39. The molecule has 28 heavy (non-hydrogen) atoms. The molecule has 1 saturated heterocycles. The van der Waals surface area contributed by atoms with Crippen LogP contribution in [0.25, 0.3) is 0 Å². The fraction of sp³-hybridized carbons (Fsp3) is 0.364. The molecule has 0 saturated carbocycles. The van der Waals surface area contributed by atoms with Gasteiger partial charge in [-0.2, -0.15) is 0 Å². The molecular weight excluding hydrogens is 352 g/mol. The highest BCUT2D eigenvalue weighted by Gasteiger charge is 2.22. The molecule has 148 valence electrons. The number of nitrogens with one attached hydrogen (secondary N) is 3. The predicted octanol–water partition coefficient (Wildman–Crippen LogP) is 0.763. The molecule has 0 atom stereocenters. The zero-order chi connectivity index (χ0) is 19.9. The van der Waals surface area contributed by atoms with Crippen molar-refractivity contribution in [3.8, 4) is 0 Å². The SMILES string of the molecule is Cc1cccc(NC(=O)CNC(=O)C[NH+]2CCN(c3ccccc3)CC2)c1C.